The van der Waals surface area contributed by atoms with Crippen molar-refractivity contribution in [2.24, 2.45) is 0 Å². The number of amides is 1. The minimum absolute atomic E-state index is 0.0964. The van der Waals surface area contributed by atoms with Crippen LogP contribution in [-0.2, 0) is 4.79 Å². The molecule has 2 N–H and O–H groups in total. The van der Waals surface area contributed by atoms with Crippen LogP contribution in [0.15, 0.2) is 42.5 Å². The van der Waals surface area contributed by atoms with Gasteiger partial charge in [0.05, 0.1) is 28.0 Å². The van der Waals surface area contributed by atoms with Crippen molar-refractivity contribution in [1.29, 1.82) is 0 Å². The molecule has 0 radical (unpaired) electrons. The lowest BCUT2D eigenvalue weighted by Crippen LogP contribution is -2.50. The minimum atomic E-state index is -0.113. The Bertz CT molecular complexity index is 777. The minimum Gasteiger partial charge on any atom is -0.377 e. The molecule has 2 aromatic rings. The molecular weight excluding hydrogens is 345 g/mol. The van der Waals surface area contributed by atoms with Gasteiger partial charge in [-0.1, -0.05) is 35.3 Å². The summed E-state index contributed by atoms with van der Waals surface area (Å²) in [5.41, 5.74) is 2.59. The van der Waals surface area contributed by atoms with Gasteiger partial charge < -0.3 is 15.5 Å². The van der Waals surface area contributed by atoms with Gasteiger partial charge in [-0.15, -0.1) is 0 Å². The maximum absolute atomic E-state index is 12.4. The fourth-order valence-electron chi connectivity index (χ4n) is 2.91. The molecule has 1 aliphatic heterocycles. The zero-order chi connectivity index (χ0) is 17.3. The number of fused-ring (bicyclic) bond motifs is 1. The van der Waals surface area contributed by atoms with Crippen molar-refractivity contribution in [2.45, 2.75) is 19.4 Å². The van der Waals surface area contributed by atoms with Crippen LogP contribution in [0.5, 0.6) is 0 Å². The van der Waals surface area contributed by atoms with E-state index in [1.165, 1.54) is 0 Å². The quantitative estimate of drug-likeness (QED) is 0.834. The topological polar surface area (TPSA) is 44.4 Å². The van der Waals surface area contributed by atoms with Crippen molar-refractivity contribution < 1.29 is 4.79 Å². The van der Waals surface area contributed by atoms with Crippen LogP contribution >= 0.6 is 23.2 Å². The predicted molar refractivity (Wildman–Crippen MR) is 101 cm³/mol. The molecule has 24 heavy (non-hydrogen) atoms. The molecule has 1 aliphatic rings. The van der Waals surface area contributed by atoms with E-state index in [0.717, 1.165) is 17.9 Å². The lowest BCUT2D eigenvalue weighted by molar-refractivity contribution is -0.115. The van der Waals surface area contributed by atoms with Crippen molar-refractivity contribution in [3.63, 3.8) is 0 Å². The van der Waals surface area contributed by atoms with Crippen LogP contribution < -0.4 is 15.5 Å². The molecule has 3 rings (SSSR count). The zero-order valence-corrected chi connectivity index (χ0v) is 15.1. The smallest absolute Gasteiger partial charge is 0.243 e. The number of anilines is 3. The number of carbonyl (C=O) groups is 1. The first kappa shape index (κ1) is 16.9. The van der Waals surface area contributed by atoms with Gasteiger partial charge in [0.15, 0.2) is 0 Å². The average Bonchev–Trinajstić information content (AvgIpc) is 2.50. The van der Waals surface area contributed by atoms with Crippen LogP contribution in [0.25, 0.3) is 0 Å². The van der Waals surface area contributed by atoms with Gasteiger partial charge in [0.2, 0.25) is 5.91 Å². The predicted octanol–water partition coefficient (Wildman–Crippen LogP) is 4.64. The Labute approximate surface area is 151 Å². The summed E-state index contributed by atoms with van der Waals surface area (Å²) in [6, 6.07) is 13.1. The third kappa shape index (κ3) is 3.77. The third-order valence-corrected chi connectivity index (χ3v) is 4.58. The number of halogens is 2. The highest BCUT2D eigenvalue weighted by Gasteiger charge is 2.30. The van der Waals surface area contributed by atoms with Crippen LogP contribution in [0.3, 0.4) is 0 Å². The molecule has 0 bridgehead atoms. The molecule has 0 unspecified atom stereocenters. The molecule has 0 spiro atoms. The van der Waals surface area contributed by atoms with E-state index < -0.39 is 0 Å². The van der Waals surface area contributed by atoms with E-state index >= 15 is 0 Å². The van der Waals surface area contributed by atoms with E-state index in [1.54, 1.807) is 18.2 Å². The molecule has 0 aliphatic carbocycles. The Morgan fingerprint density at radius 1 is 1.21 bits per heavy atom. The first-order chi connectivity index (χ1) is 11.3. The summed E-state index contributed by atoms with van der Waals surface area (Å²) in [6.07, 6.45) is 0. The summed E-state index contributed by atoms with van der Waals surface area (Å²) >= 11 is 11.9. The van der Waals surface area contributed by atoms with E-state index in [0.29, 0.717) is 15.7 Å². The number of nitrogens with zero attached hydrogens (tertiary/aromatic N) is 1. The maximum Gasteiger partial charge on any atom is 0.243 e. The molecule has 1 heterocycles. The van der Waals surface area contributed by atoms with Gasteiger partial charge in [0.25, 0.3) is 0 Å². The Kier molecular flexibility index (Phi) is 4.61. The largest absolute Gasteiger partial charge is 0.377 e. The first-order valence-electron chi connectivity index (χ1n) is 7.71. The molecule has 2 aromatic carbocycles. The van der Waals surface area contributed by atoms with Gasteiger partial charge in [0.1, 0.15) is 0 Å². The average molecular weight is 364 g/mol. The van der Waals surface area contributed by atoms with Crippen LogP contribution in [-0.4, -0.2) is 24.5 Å². The van der Waals surface area contributed by atoms with Gasteiger partial charge in [-0.25, -0.2) is 0 Å². The number of carbonyl (C=O) groups excluding carboxylic acids is 1. The lowest BCUT2D eigenvalue weighted by Gasteiger charge is -2.41. The standard InChI is InChI=1S/C18H19Cl2N3O/c1-18(2)11-23(16-6-4-3-5-15(16)22-18)10-17(24)21-12-7-8-13(19)14(20)9-12/h3-9,22H,10-11H2,1-2H3,(H,21,24). The van der Waals surface area contributed by atoms with Gasteiger partial charge >= 0.3 is 0 Å². The highest BCUT2D eigenvalue weighted by molar-refractivity contribution is 6.42. The van der Waals surface area contributed by atoms with E-state index in [2.05, 4.69) is 29.4 Å². The Morgan fingerprint density at radius 2 is 1.96 bits per heavy atom. The molecule has 0 atom stereocenters. The third-order valence-electron chi connectivity index (χ3n) is 3.84. The van der Waals surface area contributed by atoms with Gasteiger partial charge in [-0.05, 0) is 44.2 Å². The molecule has 4 nitrogen and oxygen atoms in total. The molecule has 6 heteroatoms. The monoisotopic (exact) mass is 363 g/mol. The van der Waals surface area contributed by atoms with Crippen molar-refractivity contribution >= 4 is 46.2 Å². The van der Waals surface area contributed by atoms with Gasteiger partial charge in [-0.3, -0.25) is 4.79 Å². The Balaban J connectivity index is 1.75. The number of para-hydroxylation sites is 2. The molecule has 0 fully saturated rings. The molecule has 1 amide bonds. The van der Waals surface area contributed by atoms with Gasteiger partial charge in [0, 0.05) is 17.8 Å². The van der Waals surface area contributed by atoms with Crippen LogP contribution in [0.2, 0.25) is 10.0 Å². The second-order valence-electron chi connectivity index (χ2n) is 6.56. The summed E-state index contributed by atoms with van der Waals surface area (Å²) in [4.78, 5) is 14.5. The fourth-order valence-corrected chi connectivity index (χ4v) is 3.21. The highest BCUT2D eigenvalue weighted by atomic mass is 35.5. The molecule has 0 saturated heterocycles. The molecule has 126 valence electrons. The number of hydrogen-bond donors (Lipinski definition) is 2. The SMILES string of the molecule is CC1(C)CN(CC(=O)Nc2ccc(Cl)c(Cl)c2)c2ccccc2N1. The molecular formula is C18H19Cl2N3O. The summed E-state index contributed by atoms with van der Waals surface area (Å²) in [5.74, 6) is -0.0964. The van der Waals surface area contributed by atoms with E-state index in [4.69, 9.17) is 23.2 Å². The molecule has 0 aromatic heterocycles. The Hall–Kier alpha value is -1.91. The number of rotatable bonds is 3. The second-order valence-corrected chi connectivity index (χ2v) is 7.37. The zero-order valence-electron chi connectivity index (χ0n) is 13.6. The lowest BCUT2D eigenvalue weighted by atomic mass is 9.99. The summed E-state index contributed by atoms with van der Waals surface area (Å²) in [5, 5.41) is 7.25. The van der Waals surface area contributed by atoms with Crippen molar-refractivity contribution in [3.8, 4) is 0 Å². The summed E-state index contributed by atoms with van der Waals surface area (Å²) in [7, 11) is 0. The molecule has 0 saturated carbocycles. The summed E-state index contributed by atoms with van der Waals surface area (Å²) < 4.78 is 0. The van der Waals surface area contributed by atoms with E-state index in [1.807, 2.05) is 24.3 Å². The van der Waals surface area contributed by atoms with Crippen molar-refractivity contribution in [2.75, 3.05) is 28.6 Å². The normalized spacial score (nSPS) is 15.4. The highest BCUT2D eigenvalue weighted by Crippen LogP contribution is 2.34. The second kappa shape index (κ2) is 6.54. The van der Waals surface area contributed by atoms with E-state index in [9.17, 15) is 4.79 Å². The number of nitrogens with one attached hydrogen (secondary N) is 2. The van der Waals surface area contributed by atoms with Crippen LogP contribution in [0.1, 0.15) is 13.8 Å². The van der Waals surface area contributed by atoms with Crippen molar-refractivity contribution in [3.05, 3.63) is 52.5 Å². The summed E-state index contributed by atoms with van der Waals surface area (Å²) in [6.45, 7) is 5.24. The fraction of sp³-hybridized carbons (Fsp3) is 0.278. The van der Waals surface area contributed by atoms with Crippen LogP contribution in [0, 0.1) is 0 Å². The van der Waals surface area contributed by atoms with Crippen molar-refractivity contribution in [1.82, 2.24) is 0 Å². The van der Waals surface area contributed by atoms with E-state index in [-0.39, 0.29) is 18.0 Å². The number of hydrogen-bond acceptors (Lipinski definition) is 3. The Morgan fingerprint density at radius 3 is 2.71 bits per heavy atom. The maximum atomic E-state index is 12.4. The number of benzene rings is 2. The van der Waals surface area contributed by atoms with Gasteiger partial charge in [-0.2, -0.15) is 0 Å². The first-order valence-corrected chi connectivity index (χ1v) is 8.47. The van der Waals surface area contributed by atoms with Crippen LogP contribution in [0.4, 0.5) is 17.1 Å².